The van der Waals surface area contributed by atoms with E-state index >= 15 is 0 Å². The summed E-state index contributed by atoms with van der Waals surface area (Å²) in [5.74, 6) is 3.39. The van der Waals surface area contributed by atoms with Crippen molar-refractivity contribution in [3.8, 4) is 0 Å². The SMILES string of the molecule is Cc1nc(C)n(CC2CN(Cc3cccnc3)Cc3nccn3C2)n1. The van der Waals surface area contributed by atoms with Gasteiger partial charge in [-0.15, -0.1) is 0 Å². The van der Waals surface area contributed by atoms with E-state index in [0.29, 0.717) is 5.92 Å². The molecule has 1 atom stereocenters. The number of fused-ring (bicyclic) bond motifs is 1. The molecule has 4 heterocycles. The Morgan fingerprint density at radius 2 is 2.12 bits per heavy atom. The van der Waals surface area contributed by atoms with E-state index in [4.69, 9.17) is 0 Å². The van der Waals surface area contributed by atoms with Crippen molar-refractivity contribution < 1.29 is 0 Å². The van der Waals surface area contributed by atoms with Gasteiger partial charge < -0.3 is 4.57 Å². The highest BCUT2D eigenvalue weighted by Gasteiger charge is 2.23. The summed E-state index contributed by atoms with van der Waals surface area (Å²) in [5, 5.41) is 4.54. The Bertz CT molecular complexity index is 836. The molecule has 0 bridgehead atoms. The molecule has 0 amide bonds. The van der Waals surface area contributed by atoms with Crippen molar-refractivity contribution >= 4 is 0 Å². The van der Waals surface area contributed by atoms with Crippen molar-refractivity contribution in [3.05, 3.63) is 60.0 Å². The first-order valence-corrected chi connectivity index (χ1v) is 8.66. The lowest BCUT2D eigenvalue weighted by Crippen LogP contribution is -2.30. The second-order valence-corrected chi connectivity index (χ2v) is 6.78. The Labute approximate surface area is 147 Å². The Hall–Kier alpha value is -2.54. The number of hydrogen-bond acceptors (Lipinski definition) is 5. The summed E-state index contributed by atoms with van der Waals surface area (Å²) in [5.41, 5.74) is 1.23. The molecule has 4 rings (SSSR count). The van der Waals surface area contributed by atoms with Crippen LogP contribution in [0.4, 0.5) is 0 Å². The van der Waals surface area contributed by atoms with Gasteiger partial charge in [-0.25, -0.2) is 14.6 Å². The molecule has 7 heteroatoms. The zero-order valence-corrected chi connectivity index (χ0v) is 14.7. The fourth-order valence-electron chi connectivity index (χ4n) is 3.59. The van der Waals surface area contributed by atoms with Gasteiger partial charge in [-0.1, -0.05) is 6.07 Å². The number of nitrogens with zero attached hydrogens (tertiary/aromatic N) is 7. The molecule has 25 heavy (non-hydrogen) atoms. The normalized spacial score (nSPS) is 18.1. The van der Waals surface area contributed by atoms with E-state index in [-0.39, 0.29) is 0 Å². The molecule has 0 spiro atoms. The maximum Gasteiger partial charge on any atom is 0.147 e. The van der Waals surface area contributed by atoms with Crippen LogP contribution in [0.3, 0.4) is 0 Å². The number of imidazole rings is 1. The monoisotopic (exact) mass is 337 g/mol. The average Bonchev–Trinajstić information content (AvgIpc) is 3.10. The summed E-state index contributed by atoms with van der Waals surface area (Å²) < 4.78 is 4.30. The Kier molecular flexibility index (Phi) is 4.31. The van der Waals surface area contributed by atoms with Crippen molar-refractivity contribution in [2.75, 3.05) is 6.54 Å². The Morgan fingerprint density at radius 3 is 2.88 bits per heavy atom. The van der Waals surface area contributed by atoms with E-state index in [1.807, 2.05) is 43.2 Å². The number of hydrogen-bond donors (Lipinski definition) is 0. The topological polar surface area (TPSA) is 64.7 Å². The summed E-state index contributed by atoms with van der Waals surface area (Å²) >= 11 is 0. The molecule has 130 valence electrons. The molecule has 1 unspecified atom stereocenters. The zero-order chi connectivity index (χ0) is 17.2. The predicted octanol–water partition coefficient (Wildman–Crippen LogP) is 1.82. The summed E-state index contributed by atoms with van der Waals surface area (Å²) in [4.78, 5) is 15.7. The van der Waals surface area contributed by atoms with Crippen LogP contribution in [-0.2, 0) is 26.2 Å². The second kappa shape index (κ2) is 6.76. The van der Waals surface area contributed by atoms with E-state index in [0.717, 1.165) is 50.2 Å². The van der Waals surface area contributed by atoms with Gasteiger partial charge in [0.2, 0.25) is 0 Å². The minimum atomic E-state index is 0.451. The smallest absolute Gasteiger partial charge is 0.147 e. The summed E-state index contributed by atoms with van der Waals surface area (Å²) in [6.45, 7) is 8.52. The zero-order valence-electron chi connectivity index (χ0n) is 14.7. The van der Waals surface area contributed by atoms with Crippen molar-refractivity contribution in [1.29, 1.82) is 0 Å². The van der Waals surface area contributed by atoms with Gasteiger partial charge in [-0.05, 0) is 25.5 Å². The van der Waals surface area contributed by atoms with E-state index in [9.17, 15) is 0 Å². The molecular formula is C18H23N7. The largest absolute Gasteiger partial charge is 0.333 e. The van der Waals surface area contributed by atoms with Crippen molar-refractivity contribution in [2.24, 2.45) is 5.92 Å². The first-order valence-electron chi connectivity index (χ1n) is 8.66. The summed E-state index contributed by atoms with van der Waals surface area (Å²) in [6.07, 6.45) is 7.73. The van der Waals surface area contributed by atoms with Crippen LogP contribution in [0, 0.1) is 19.8 Å². The third kappa shape index (κ3) is 3.61. The van der Waals surface area contributed by atoms with Gasteiger partial charge in [0.15, 0.2) is 0 Å². The molecule has 0 aliphatic carbocycles. The Morgan fingerprint density at radius 1 is 1.20 bits per heavy atom. The maximum atomic E-state index is 4.54. The van der Waals surface area contributed by atoms with Crippen LogP contribution < -0.4 is 0 Å². The molecule has 1 aliphatic heterocycles. The standard InChI is InChI=1S/C18H23N7/c1-14-21-15(2)25(22-14)12-17-10-23(9-16-4-3-5-19-8-16)13-18-20-6-7-24(18)11-17/h3-8,17H,9-13H2,1-2H3. The van der Waals surface area contributed by atoms with Crippen LogP contribution in [0.2, 0.25) is 0 Å². The fraction of sp³-hybridized carbons (Fsp3) is 0.444. The Balaban J connectivity index is 1.55. The van der Waals surface area contributed by atoms with Crippen LogP contribution in [-0.4, -0.2) is 40.7 Å². The van der Waals surface area contributed by atoms with Crippen LogP contribution in [0.1, 0.15) is 23.0 Å². The van der Waals surface area contributed by atoms with E-state index in [1.54, 1.807) is 0 Å². The predicted molar refractivity (Wildman–Crippen MR) is 93.6 cm³/mol. The number of aryl methyl sites for hydroxylation is 2. The minimum Gasteiger partial charge on any atom is -0.333 e. The molecule has 0 fully saturated rings. The van der Waals surface area contributed by atoms with Gasteiger partial charge in [0, 0.05) is 56.9 Å². The third-order valence-electron chi connectivity index (χ3n) is 4.66. The summed E-state index contributed by atoms with van der Waals surface area (Å²) in [6, 6.07) is 4.12. The molecule has 1 aliphatic rings. The first kappa shape index (κ1) is 16.0. The molecule has 0 aromatic carbocycles. The molecule has 0 radical (unpaired) electrons. The number of rotatable bonds is 4. The molecule has 0 saturated heterocycles. The summed E-state index contributed by atoms with van der Waals surface area (Å²) in [7, 11) is 0. The van der Waals surface area contributed by atoms with Gasteiger partial charge in [0.25, 0.3) is 0 Å². The second-order valence-electron chi connectivity index (χ2n) is 6.78. The van der Waals surface area contributed by atoms with Gasteiger partial charge in [0.1, 0.15) is 17.5 Å². The molecule has 7 nitrogen and oxygen atoms in total. The quantitative estimate of drug-likeness (QED) is 0.726. The van der Waals surface area contributed by atoms with E-state index in [1.165, 1.54) is 5.56 Å². The number of aromatic nitrogens is 6. The van der Waals surface area contributed by atoms with Crippen LogP contribution in [0.15, 0.2) is 36.9 Å². The third-order valence-corrected chi connectivity index (χ3v) is 4.66. The molecule has 0 N–H and O–H groups in total. The van der Waals surface area contributed by atoms with Crippen LogP contribution >= 0.6 is 0 Å². The lowest BCUT2D eigenvalue weighted by atomic mass is 10.1. The van der Waals surface area contributed by atoms with Crippen LogP contribution in [0.5, 0.6) is 0 Å². The highest BCUT2D eigenvalue weighted by atomic mass is 15.3. The minimum absolute atomic E-state index is 0.451. The molecule has 0 saturated carbocycles. The van der Waals surface area contributed by atoms with Crippen molar-refractivity contribution in [3.63, 3.8) is 0 Å². The molecular weight excluding hydrogens is 314 g/mol. The van der Waals surface area contributed by atoms with E-state index < -0.39 is 0 Å². The van der Waals surface area contributed by atoms with Crippen molar-refractivity contribution in [2.45, 2.75) is 40.0 Å². The van der Waals surface area contributed by atoms with Gasteiger partial charge in [0.05, 0.1) is 6.54 Å². The lowest BCUT2D eigenvalue weighted by molar-refractivity contribution is 0.204. The van der Waals surface area contributed by atoms with Crippen molar-refractivity contribution in [1.82, 2.24) is 34.2 Å². The molecule has 3 aromatic rings. The first-order chi connectivity index (χ1) is 12.2. The van der Waals surface area contributed by atoms with Gasteiger partial charge in [-0.3, -0.25) is 9.88 Å². The maximum absolute atomic E-state index is 4.54. The number of pyridine rings is 1. The van der Waals surface area contributed by atoms with E-state index in [2.05, 4.69) is 41.8 Å². The highest BCUT2D eigenvalue weighted by Crippen LogP contribution is 2.19. The average molecular weight is 337 g/mol. The van der Waals surface area contributed by atoms with Gasteiger partial charge in [-0.2, -0.15) is 5.10 Å². The van der Waals surface area contributed by atoms with Gasteiger partial charge >= 0.3 is 0 Å². The molecule has 3 aromatic heterocycles. The van der Waals surface area contributed by atoms with Crippen LogP contribution in [0.25, 0.3) is 0 Å². The highest BCUT2D eigenvalue weighted by molar-refractivity contribution is 5.09. The lowest BCUT2D eigenvalue weighted by Gasteiger charge is -2.24. The fourth-order valence-corrected chi connectivity index (χ4v) is 3.59.